The molecule has 0 spiro atoms. The summed E-state index contributed by atoms with van der Waals surface area (Å²) in [6.45, 7) is 0. The molecule has 6 heteroatoms. The molecule has 0 aliphatic rings. The molecule has 0 fully saturated rings. The predicted molar refractivity (Wildman–Crippen MR) is 84.5 cm³/mol. The first kappa shape index (κ1) is 14.7. The van der Waals surface area contributed by atoms with E-state index in [1.165, 1.54) is 6.07 Å². The number of halogens is 2. The smallest absolute Gasteiger partial charge is 0.255 e. The first-order chi connectivity index (χ1) is 9.51. The topological polar surface area (TPSA) is 64.3 Å². The minimum absolute atomic E-state index is 0.267. The normalized spacial score (nSPS) is 10.2. The molecule has 0 saturated carbocycles. The highest BCUT2D eigenvalue weighted by molar-refractivity contribution is 9.10. The monoisotopic (exact) mass is 354 g/mol. The molecule has 0 saturated heterocycles. The highest BCUT2D eigenvalue weighted by Gasteiger charge is 2.09. The SMILES string of the molecule is COc1cc(NC(=O)c2ccc(N)c(Cl)c2)ccc1Br. The van der Waals surface area contributed by atoms with Crippen molar-refractivity contribution in [2.24, 2.45) is 0 Å². The van der Waals surface area contributed by atoms with Gasteiger partial charge in [0.25, 0.3) is 5.91 Å². The maximum Gasteiger partial charge on any atom is 0.255 e. The van der Waals surface area contributed by atoms with Gasteiger partial charge in [0.1, 0.15) is 5.75 Å². The lowest BCUT2D eigenvalue weighted by Crippen LogP contribution is -2.12. The summed E-state index contributed by atoms with van der Waals surface area (Å²) in [7, 11) is 1.56. The van der Waals surface area contributed by atoms with Crippen molar-refractivity contribution in [2.75, 3.05) is 18.2 Å². The van der Waals surface area contributed by atoms with Crippen LogP contribution in [0.5, 0.6) is 5.75 Å². The number of methoxy groups -OCH3 is 1. The zero-order valence-corrected chi connectivity index (χ0v) is 13.0. The number of nitrogens with two attached hydrogens (primary N) is 1. The van der Waals surface area contributed by atoms with Crippen LogP contribution in [0.15, 0.2) is 40.9 Å². The second-order valence-corrected chi connectivity index (χ2v) is 5.30. The van der Waals surface area contributed by atoms with Gasteiger partial charge >= 0.3 is 0 Å². The van der Waals surface area contributed by atoms with Crippen LogP contribution in [0.2, 0.25) is 5.02 Å². The molecule has 2 aromatic carbocycles. The lowest BCUT2D eigenvalue weighted by molar-refractivity contribution is 0.102. The van der Waals surface area contributed by atoms with Gasteiger partial charge in [-0.2, -0.15) is 0 Å². The Kier molecular flexibility index (Phi) is 4.52. The number of carbonyl (C=O) groups excluding carboxylic acids is 1. The zero-order valence-electron chi connectivity index (χ0n) is 10.6. The van der Waals surface area contributed by atoms with E-state index in [-0.39, 0.29) is 5.91 Å². The van der Waals surface area contributed by atoms with Gasteiger partial charge in [-0.05, 0) is 46.3 Å². The van der Waals surface area contributed by atoms with Gasteiger partial charge in [-0.25, -0.2) is 0 Å². The van der Waals surface area contributed by atoms with Crippen molar-refractivity contribution < 1.29 is 9.53 Å². The molecule has 0 atom stereocenters. The van der Waals surface area contributed by atoms with E-state index in [0.717, 1.165) is 4.47 Å². The van der Waals surface area contributed by atoms with Crippen LogP contribution in [0.1, 0.15) is 10.4 Å². The second-order valence-electron chi connectivity index (χ2n) is 4.04. The molecule has 0 unspecified atom stereocenters. The summed E-state index contributed by atoms with van der Waals surface area (Å²) in [6.07, 6.45) is 0. The van der Waals surface area contributed by atoms with Gasteiger partial charge in [-0.15, -0.1) is 0 Å². The summed E-state index contributed by atoms with van der Waals surface area (Å²) in [5.41, 5.74) is 7.11. The van der Waals surface area contributed by atoms with E-state index in [9.17, 15) is 4.79 Å². The van der Waals surface area contributed by atoms with Gasteiger partial charge in [-0.1, -0.05) is 11.6 Å². The fourth-order valence-corrected chi connectivity index (χ4v) is 2.20. The fraction of sp³-hybridized carbons (Fsp3) is 0.0714. The maximum absolute atomic E-state index is 12.1. The number of carbonyl (C=O) groups is 1. The van der Waals surface area contributed by atoms with Crippen molar-refractivity contribution in [3.63, 3.8) is 0 Å². The Hall–Kier alpha value is -1.72. The Labute approximate surface area is 130 Å². The van der Waals surface area contributed by atoms with Crippen LogP contribution >= 0.6 is 27.5 Å². The molecule has 0 radical (unpaired) electrons. The molecule has 0 bridgehead atoms. The van der Waals surface area contributed by atoms with E-state index in [4.69, 9.17) is 22.1 Å². The Morgan fingerprint density at radius 2 is 2.05 bits per heavy atom. The summed E-state index contributed by atoms with van der Waals surface area (Å²) in [4.78, 5) is 12.1. The number of benzene rings is 2. The Morgan fingerprint density at radius 3 is 2.70 bits per heavy atom. The number of hydrogen-bond donors (Lipinski definition) is 2. The second kappa shape index (κ2) is 6.15. The first-order valence-electron chi connectivity index (χ1n) is 5.71. The lowest BCUT2D eigenvalue weighted by atomic mass is 10.2. The van der Waals surface area contributed by atoms with Crippen molar-refractivity contribution in [1.82, 2.24) is 0 Å². The van der Waals surface area contributed by atoms with E-state index in [1.54, 1.807) is 37.4 Å². The Bertz CT molecular complexity index is 662. The molecule has 2 aromatic rings. The molecule has 3 N–H and O–H groups in total. The van der Waals surface area contributed by atoms with Crippen LogP contribution in [0, 0.1) is 0 Å². The Balaban J connectivity index is 2.21. The molecule has 2 rings (SSSR count). The zero-order chi connectivity index (χ0) is 14.7. The maximum atomic E-state index is 12.1. The molecule has 0 aliphatic carbocycles. The average Bonchev–Trinajstić information content (AvgIpc) is 2.43. The van der Waals surface area contributed by atoms with Gasteiger partial charge in [0.15, 0.2) is 0 Å². The van der Waals surface area contributed by atoms with Gasteiger partial charge in [0.2, 0.25) is 0 Å². The number of hydrogen-bond acceptors (Lipinski definition) is 3. The van der Waals surface area contributed by atoms with Gasteiger partial charge < -0.3 is 15.8 Å². The molecule has 0 aromatic heterocycles. The molecule has 0 heterocycles. The third kappa shape index (κ3) is 3.23. The van der Waals surface area contributed by atoms with Crippen LogP contribution in [-0.4, -0.2) is 13.0 Å². The van der Waals surface area contributed by atoms with Gasteiger partial charge in [0.05, 0.1) is 22.3 Å². The molecule has 20 heavy (non-hydrogen) atoms. The van der Waals surface area contributed by atoms with E-state index in [1.807, 2.05) is 0 Å². The van der Waals surface area contributed by atoms with Crippen LogP contribution in [-0.2, 0) is 0 Å². The van der Waals surface area contributed by atoms with Crippen molar-refractivity contribution >= 4 is 44.8 Å². The summed E-state index contributed by atoms with van der Waals surface area (Å²) in [5.74, 6) is 0.370. The number of nitrogen functional groups attached to an aromatic ring is 1. The molecular weight excluding hydrogens is 344 g/mol. The standard InChI is InChI=1S/C14H12BrClN2O2/c1-20-13-7-9(3-4-10(13)15)18-14(19)8-2-5-12(17)11(16)6-8/h2-7H,17H2,1H3,(H,18,19). The van der Waals surface area contributed by atoms with Crippen LogP contribution < -0.4 is 15.8 Å². The molecule has 4 nitrogen and oxygen atoms in total. The minimum atomic E-state index is -0.267. The van der Waals surface area contributed by atoms with E-state index in [0.29, 0.717) is 27.7 Å². The number of ether oxygens (including phenoxy) is 1. The number of anilines is 2. The third-order valence-corrected chi connectivity index (χ3v) is 3.65. The van der Waals surface area contributed by atoms with E-state index < -0.39 is 0 Å². The number of rotatable bonds is 3. The van der Waals surface area contributed by atoms with E-state index in [2.05, 4.69) is 21.2 Å². The van der Waals surface area contributed by atoms with Crippen molar-refractivity contribution in [1.29, 1.82) is 0 Å². The molecule has 0 aliphatic heterocycles. The summed E-state index contributed by atoms with van der Waals surface area (Å²) in [6, 6.07) is 10.0. The summed E-state index contributed by atoms with van der Waals surface area (Å²) < 4.78 is 5.99. The van der Waals surface area contributed by atoms with Crippen molar-refractivity contribution in [3.8, 4) is 5.75 Å². The van der Waals surface area contributed by atoms with Crippen LogP contribution in [0.4, 0.5) is 11.4 Å². The average molecular weight is 356 g/mol. The van der Waals surface area contributed by atoms with Crippen molar-refractivity contribution in [3.05, 3.63) is 51.5 Å². The summed E-state index contributed by atoms with van der Waals surface area (Å²) >= 11 is 9.25. The lowest BCUT2D eigenvalue weighted by Gasteiger charge is -2.09. The highest BCUT2D eigenvalue weighted by atomic mass is 79.9. The first-order valence-corrected chi connectivity index (χ1v) is 6.88. The van der Waals surface area contributed by atoms with Gasteiger partial charge in [-0.3, -0.25) is 4.79 Å². The quantitative estimate of drug-likeness (QED) is 0.820. The largest absolute Gasteiger partial charge is 0.495 e. The number of nitrogens with one attached hydrogen (secondary N) is 1. The predicted octanol–water partition coefficient (Wildman–Crippen LogP) is 3.95. The molecule has 1 amide bonds. The summed E-state index contributed by atoms with van der Waals surface area (Å²) in [5, 5.41) is 3.12. The minimum Gasteiger partial charge on any atom is -0.495 e. The number of amides is 1. The van der Waals surface area contributed by atoms with Crippen molar-refractivity contribution in [2.45, 2.75) is 0 Å². The molecular formula is C14H12BrClN2O2. The molecule has 104 valence electrons. The van der Waals surface area contributed by atoms with Crippen LogP contribution in [0.25, 0.3) is 0 Å². The highest BCUT2D eigenvalue weighted by Crippen LogP contribution is 2.28. The van der Waals surface area contributed by atoms with Crippen LogP contribution in [0.3, 0.4) is 0 Å². The van der Waals surface area contributed by atoms with Gasteiger partial charge in [0, 0.05) is 17.3 Å². The third-order valence-electron chi connectivity index (χ3n) is 2.67. The Morgan fingerprint density at radius 1 is 1.30 bits per heavy atom. The fourth-order valence-electron chi connectivity index (χ4n) is 1.61. The van der Waals surface area contributed by atoms with E-state index >= 15 is 0 Å².